The lowest BCUT2D eigenvalue weighted by Gasteiger charge is -2.36. The van der Waals surface area contributed by atoms with Crippen LogP contribution >= 0.6 is 0 Å². The largest absolute Gasteiger partial charge is 0.481 e. The Balaban J connectivity index is 1.56. The van der Waals surface area contributed by atoms with Crippen LogP contribution in [0.1, 0.15) is 51.4 Å². The van der Waals surface area contributed by atoms with Crippen LogP contribution in [0, 0.1) is 24.7 Å². The van der Waals surface area contributed by atoms with Crippen molar-refractivity contribution >= 4 is 17.0 Å². The van der Waals surface area contributed by atoms with E-state index in [4.69, 9.17) is 9.47 Å². The van der Waals surface area contributed by atoms with Crippen LogP contribution in [0.3, 0.4) is 0 Å². The Kier molecular flexibility index (Phi) is 7.06. The molecular weight excluding hydrogens is 412 g/mol. The number of aromatic nitrogens is 2. The maximum atomic E-state index is 13.2. The predicted molar refractivity (Wildman–Crippen MR) is 130 cm³/mol. The first kappa shape index (κ1) is 23.3. The summed E-state index contributed by atoms with van der Waals surface area (Å²) in [6.07, 6.45) is 3.31. The summed E-state index contributed by atoms with van der Waals surface area (Å²) in [6.45, 7) is 9.35. The summed E-state index contributed by atoms with van der Waals surface area (Å²) in [5, 5.41) is 0. The molecule has 33 heavy (non-hydrogen) atoms. The lowest BCUT2D eigenvalue weighted by molar-refractivity contribution is -0.655. The van der Waals surface area contributed by atoms with Gasteiger partial charge in [0.25, 0.3) is 5.82 Å². The number of esters is 1. The standard InChI is InChI=1S/C28H37N2O3/c1-19(2)23-15-12-21(4)16-26(23)33-28(31)17-30-25-9-7-6-8-24(25)29(5)27(30)18-32-22-13-10-20(3)11-14-22/h6-11,13-14,19,21,23,26H,12,15-18H2,1-5H3/q+1/t21-,23-,26-/m1/s1. The van der Waals surface area contributed by atoms with Gasteiger partial charge in [-0.1, -0.05) is 57.0 Å². The summed E-state index contributed by atoms with van der Waals surface area (Å²) in [5.74, 6) is 3.13. The monoisotopic (exact) mass is 449 g/mol. The number of carbonyl (C=O) groups excluding carboxylic acids is 1. The van der Waals surface area contributed by atoms with Crippen molar-refractivity contribution in [3.8, 4) is 5.75 Å². The lowest BCUT2D eigenvalue weighted by atomic mass is 9.75. The van der Waals surface area contributed by atoms with Gasteiger partial charge in [-0.15, -0.1) is 0 Å². The average Bonchev–Trinajstić information content (AvgIpc) is 3.04. The van der Waals surface area contributed by atoms with Crippen LogP contribution < -0.4 is 9.30 Å². The third-order valence-corrected chi connectivity index (χ3v) is 7.15. The van der Waals surface area contributed by atoms with Crippen LogP contribution in [0.15, 0.2) is 48.5 Å². The number of benzene rings is 2. The molecule has 0 bridgehead atoms. The number of aryl methyl sites for hydroxylation is 2. The molecule has 1 aliphatic rings. The minimum atomic E-state index is -0.169. The topological polar surface area (TPSA) is 44.3 Å². The highest BCUT2D eigenvalue weighted by Crippen LogP contribution is 2.35. The number of carbonyl (C=O) groups is 1. The van der Waals surface area contributed by atoms with E-state index in [1.54, 1.807) is 0 Å². The van der Waals surface area contributed by atoms with Gasteiger partial charge in [0.1, 0.15) is 11.9 Å². The number of ether oxygens (including phenoxy) is 2. The zero-order valence-electron chi connectivity index (χ0n) is 20.6. The third kappa shape index (κ3) is 5.23. The molecule has 4 rings (SSSR count). The Morgan fingerprint density at radius 2 is 1.85 bits per heavy atom. The summed E-state index contributed by atoms with van der Waals surface area (Å²) in [5.41, 5.74) is 3.28. The van der Waals surface area contributed by atoms with Crippen molar-refractivity contribution in [1.29, 1.82) is 0 Å². The highest BCUT2D eigenvalue weighted by molar-refractivity contribution is 5.76. The van der Waals surface area contributed by atoms with Crippen molar-refractivity contribution in [3.05, 3.63) is 59.9 Å². The lowest BCUT2D eigenvalue weighted by Crippen LogP contribution is -2.37. The Bertz CT molecular complexity index is 1100. The Labute approximate surface area is 197 Å². The Hall–Kier alpha value is -2.82. The van der Waals surface area contributed by atoms with E-state index in [9.17, 15) is 4.79 Å². The summed E-state index contributed by atoms with van der Waals surface area (Å²) in [7, 11) is 2.02. The van der Waals surface area contributed by atoms with Crippen molar-refractivity contribution in [3.63, 3.8) is 0 Å². The summed E-state index contributed by atoms with van der Waals surface area (Å²) < 4.78 is 16.4. The minimum absolute atomic E-state index is 0.00378. The van der Waals surface area contributed by atoms with Crippen LogP contribution in [0.4, 0.5) is 0 Å². The van der Waals surface area contributed by atoms with E-state index in [0.29, 0.717) is 24.4 Å². The van der Waals surface area contributed by atoms with E-state index in [2.05, 4.69) is 44.4 Å². The first-order valence-corrected chi connectivity index (χ1v) is 12.2. The van der Waals surface area contributed by atoms with E-state index in [1.807, 2.05) is 48.0 Å². The van der Waals surface area contributed by atoms with Gasteiger partial charge >= 0.3 is 5.97 Å². The average molecular weight is 450 g/mol. The second-order valence-corrected chi connectivity index (χ2v) is 10.0. The van der Waals surface area contributed by atoms with Gasteiger partial charge in [0.15, 0.2) is 24.2 Å². The second-order valence-electron chi connectivity index (χ2n) is 10.0. The van der Waals surface area contributed by atoms with Crippen molar-refractivity contribution in [1.82, 2.24) is 4.57 Å². The summed E-state index contributed by atoms with van der Waals surface area (Å²) in [4.78, 5) is 13.2. The van der Waals surface area contributed by atoms with Gasteiger partial charge in [-0.2, -0.15) is 0 Å². The van der Waals surface area contributed by atoms with Crippen molar-refractivity contribution in [2.45, 2.75) is 66.2 Å². The maximum absolute atomic E-state index is 13.2. The molecule has 5 nitrogen and oxygen atoms in total. The van der Waals surface area contributed by atoms with Gasteiger partial charge in [-0.3, -0.25) is 0 Å². The molecule has 2 aromatic carbocycles. The van der Waals surface area contributed by atoms with Crippen LogP contribution in [0.2, 0.25) is 0 Å². The molecule has 0 unspecified atom stereocenters. The van der Waals surface area contributed by atoms with E-state index >= 15 is 0 Å². The number of hydrogen-bond donors (Lipinski definition) is 0. The van der Waals surface area contributed by atoms with E-state index in [-0.39, 0.29) is 18.6 Å². The first-order valence-electron chi connectivity index (χ1n) is 12.2. The van der Waals surface area contributed by atoms with Crippen LogP contribution in [-0.2, 0) is 29.7 Å². The first-order chi connectivity index (χ1) is 15.8. The maximum Gasteiger partial charge on any atom is 0.348 e. The number of rotatable bonds is 7. The van der Waals surface area contributed by atoms with E-state index in [1.165, 1.54) is 12.0 Å². The number of imidazole rings is 1. The van der Waals surface area contributed by atoms with Crippen LogP contribution in [-0.4, -0.2) is 16.6 Å². The third-order valence-electron chi connectivity index (χ3n) is 7.15. The van der Waals surface area contributed by atoms with Gasteiger partial charge in [0.05, 0.1) is 7.05 Å². The molecule has 1 saturated carbocycles. The number of hydrogen-bond acceptors (Lipinski definition) is 3. The van der Waals surface area contributed by atoms with Gasteiger partial charge in [-0.05, 0) is 61.8 Å². The van der Waals surface area contributed by atoms with Gasteiger partial charge in [-0.25, -0.2) is 13.9 Å². The fraction of sp³-hybridized carbons (Fsp3) is 0.500. The molecular formula is C28H37N2O3+. The number of nitrogens with zero attached hydrogens (tertiary/aromatic N) is 2. The van der Waals surface area contributed by atoms with Crippen molar-refractivity contribution in [2.75, 3.05) is 0 Å². The molecule has 0 N–H and O–H groups in total. The second kappa shape index (κ2) is 9.98. The number of fused-ring (bicyclic) bond motifs is 1. The fourth-order valence-corrected chi connectivity index (χ4v) is 5.15. The van der Waals surface area contributed by atoms with E-state index < -0.39 is 0 Å². The van der Waals surface area contributed by atoms with Crippen molar-refractivity contribution < 1.29 is 18.8 Å². The van der Waals surface area contributed by atoms with Gasteiger partial charge < -0.3 is 9.47 Å². The number of para-hydroxylation sites is 2. The normalized spacial score (nSPS) is 20.8. The summed E-state index contributed by atoms with van der Waals surface area (Å²) >= 11 is 0. The molecule has 0 amide bonds. The van der Waals surface area contributed by atoms with Crippen molar-refractivity contribution in [2.24, 2.45) is 24.8 Å². The van der Waals surface area contributed by atoms with Crippen LogP contribution in [0.5, 0.6) is 5.75 Å². The quantitative estimate of drug-likeness (QED) is 0.360. The predicted octanol–water partition coefficient (Wildman–Crippen LogP) is 5.36. The molecule has 1 fully saturated rings. The molecule has 0 spiro atoms. The fourth-order valence-electron chi connectivity index (χ4n) is 5.15. The highest BCUT2D eigenvalue weighted by Gasteiger charge is 2.34. The van der Waals surface area contributed by atoms with Gasteiger partial charge in [0.2, 0.25) is 0 Å². The SMILES string of the molecule is Cc1ccc(OCc2n(CC(=O)O[C@@H]3C[C@H](C)CC[C@@H]3C(C)C)c3ccccc3[n+]2C)cc1. The molecule has 1 aromatic heterocycles. The Morgan fingerprint density at radius 1 is 1.12 bits per heavy atom. The zero-order chi connectivity index (χ0) is 23.5. The molecule has 3 atom stereocenters. The molecule has 176 valence electrons. The molecule has 3 aromatic rings. The smallest absolute Gasteiger partial charge is 0.348 e. The molecule has 0 aliphatic heterocycles. The molecule has 1 heterocycles. The molecule has 1 aliphatic carbocycles. The molecule has 0 saturated heterocycles. The highest BCUT2D eigenvalue weighted by atomic mass is 16.5. The van der Waals surface area contributed by atoms with Gasteiger partial charge in [0, 0.05) is 0 Å². The molecule has 0 radical (unpaired) electrons. The zero-order valence-corrected chi connectivity index (χ0v) is 20.6. The van der Waals surface area contributed by atoms with Crippen LogP contribution in [0.25, 0.3) is 11.0 Å². The Morgan fingerprint density at radius 3 is 2.58 bits per heavy atom. The van der Waals surface area contributed by atoms with E-state index in [0.717, 1.165) is 35.4 Å². The summed E-state index contributed by atoms with van der Waals surface area (Å²) in [6, 6.07) is 16.2. The molecule has 5 heteroatoms. The minimum Gasteiger partial charge on any atom is -0.481 e.